The molecule has 25 heavy (non-hydrogen) atoms. The van der Waals surface area contributed by atoms with E-state index >= 15 is 0 Å². The SMILES string of the molecule is Cn1nc(C(F)(F)F)cc1-c1ccc(OCc2ccc(Cl)cc2)cn1. The van der Waals surface area contributed by atoms with E-state index in [-0.39, 0.29) is 5.69 Å². The highest BCUT2D eigenvalue weighted by molar-refractivity contribution is 6.30. The molecule has 0 saturated heterocycles. The third-order valence-electron chi connectivity index (χ3n) is 3.49. The van der Waals surface area contributed by atoms with Crippen LogP contribution in [-0.2, 0) is 19.8 Å². The summed E-state index contributed by atoms with van der Waals surface area (Å²) in [5.74, 6) is 0.511. The number of aryl methyl sites for hydroxylation is 1. The van der Waals surface area contributed by atoms with Crippen LogP contribution in [0.1, 0.15) is 11.3 Å². The number of halogens is 4. The molecule has 2 aromatic heterocycles. The van der Waals surface area contributed by atoms with Crippen molar-refractivity contribution >= 4 is 11.6 Å². The van der Waals surface area contributed by atoms with Gasteiger partial charge in [-0.2, -0.15) is 18.3 Å². The maximum Gasteiger partial charge on any atom is 0.435 e. The van der Waals surface area contributed by atoms with Gasteiger partial charge in [-0.3, -0.25) is 9.67 Å². The average Bonchev–Trinajstić information content (AvgIpc) is 2.97. The summed E-state index contributed by atoms with van der Waals surface area (Å²) in [5, 5.41) is 4.12. The summed E-state index contributed by atoms with van der Waals surface area (Å²) >= 11 is 5.82. The zero-order chi connectivity index (χ0) is 18.0. The fourth-order valence-electron chi connectivity index (χ4n) is 2.21. The molecule has 0 bridgehead atoms. The minimum Gasteiger partial charge on any atom is -0.487 e. The van der Waals surface area contributed by atoms with Crippen LogP contribution in [0.5, 0.6) is 5.75 Å². The maximum atomic E-state index is 12.7. The highest BCUT2D eigenvalue weighted by Gasteiger charge is 2.34. The smallest absolute Gasteiger partial charge is 0.435 e. The highest BCUT2D eigenvalue weighted by atomic mass is 35.5. The molecule has 3 rings (SSSR count). The fourth-order valence-corrected chi connectivity index (χ4v) is 2.34. The van der Waals surface area contributed by atoms with E-state index in [9.17, 15) is 13.2 Å². The van der Waals surface area contributed by atoms with Crippen LogP contribution in [-0.4, -0.2) is 14.8 Å². The quantitative estimate of drug-likeness (QED) is 0.669. The zero-order valence-electron chi connectivity index (χ0n) is 13.1. The van der Waals surface area contributed by atoms with Crippen molar-refractivity contribution in [1.29, 1.82) is 0 Å². The van der Waals surface area contributed by atoms with Crippen molar-refractivity contribution in [3.63, 3.8) is 0 Å². The molecule has 4 nitrogen and oxygen atoms in total. The van der Waals surface area contributed by atoms with E-state index in [1.54, 1.807) is 24.3 Å². The van der Waals surface area contributed by atoms with E-state index in [1.165, 1.54) is 13.2 Å². The molecule has 0 N–H and O–H groups in total. The summed E-state index contributed by atoms with van der Waals surface area (Å²) in [5.41, 5.74) is 0.644. The minimum absolute atomic E-state index is 0.275. The molecule has 1 aromatic carbocycles. The Morgan fingerprint density at radius 3 is 2.40 bits per heavy atom. The second-order valence-corrected chi connectivity index (χ2v) is 5.77. The lowest BCUT2D eigenvalue weighted by atomic mass is 10.2. The van der Waals surface area contributed by atoms with Gasteiger partial charge in [0.05, 0.1) is 17.6 Å². The number of aromatic nitrogens is 3. The summed E-state index contributed by atoms with van der Waals surface area (Å²) < 4.78 is 44.9. The van der Waals surface area contributed by atoms with E-state index in [0.717, 1.165) is 16.3 Å². The first-order chi connectivity index (χ1) is 11.8. The normalized spacial score (nSPS) is 11.6. The molecule has 130 valence electrons. The van der Waals surface area contributed by atoms with E-state index in [2.05, 4.69) is 10.1 Å². The van der Waals surface area contributed by atoms with Crippen LogP contribution in [0.25, 0.3) is 11.4 Å². The lowest BCUT2D eigenvalue weighted by Crippen LogP contribution is -2.06. The number of pyridine rings is 1. The molecule has 0 aliphatic rings. The molecule has 2 heterocycles. The largest absolute Gasteiger partial charge is 0.487 e. The summed E-state index contributed by atoms with van der Waals surface area (Å²) in [6.45, 7) is 0.335. The molecule has 8 heteroatoms. The number of hydrogen-bond acceptors (Lipinski definition) is 3. The molecule has 0 unspecified atom stereocenters. The van der Waals surface area contributed by atoms with Crippen LogP contribution in [0.15, 0.2) is 48.7 Å². The molecule has 0 saturated carbocycles. The van der Waals surface area contributed by atoms with Gasteiger partial charge in [-0.15, -0.1) is 0 Å². The zero-order valence-corrected chi connectivity index (χ0v) is 13.8. The van der Waals surface area contributed by atoms with Gasteiger partial charge >= 0.3 is 6.18 Å². The van der Waals surface area contributed by atoms with E-state index in [1.807, 2.05) is 12.1 Å². The summed E-state index contributed by atoms with van der Waals surface area (Å²) in [6.07, 6.45) is -3.02. The monoisotopic (exact) mass is 367 g/mol. The van der Waals surface area contributed by atoms with Crippen LogP contribution in [0, 0.1) is 0 Å². The first kappa shape index (κ1) is 17.3. The van der Waals surface area contributed by atoms with Gasteiger partial charge in [0.1, 0.15) is 12.4 Å². The van der Waals surface area contributed by atoms with Gasteiger partial charge in [0.2, 0.25) is 0 Å². The topological polar surface area (TPSA) is 39.9 Å². The molecule has 3 aromatic rings. The highest BCUT2D eigenvalue weighted by Crippen LogP contribution is 2.31. The Balaban J connectivity index is 1.72. The standard InChI is InChI=1S/C17H13ClF3N3O/c1-24-15(8-16(23-24)17(19,20)21)14-7-6-13(9-22-14)25-10-11-2-4-12(18)5-3-11/h2-9H,10H2,1H3. The maximum absolute atomic E-state index is 12.7. The van der Waals surface area contributed by atoms with Crippen LogP contribution in [0.2, 0.25) is 5.02 Å². The molecule has 0 spiro atoms. The minimum atomic E-state index is -4.49. The van der Waals surface area contributed by atoms with Crippen LogP contribution >= 0.6 is 11.6 Å². The Bertz CT molecular complexity index is 858. The molecule has 0 aliphatic carbocycles. The number of alkyl halides is 3. The number of benzene rings is 1. The van der Waals surface area contributed by atoms with Crippen molar-refractivity contribution < 1.29 is 17.9 Å². The Morgan fingerprint density at radius 1 is 1.12 bits per heavy atom. The van der Waals surface area contributed by atoms with Gasteiger partial charge in [-0.05, 0) is 35.9 Å². The van der Waals surface area contributed by atoms with Gasteiger partial charge in [0, 0.05) is 12.1 Å². The number of nitrogens with zero attached hydrogens (tertiary/aromatic N) is 3. The van der Waals surface area contributed by atoms with E-state index < -0.39 is 11.9 Å². The second kappa shape index (κ2) is 6.76. The van der Waals surface area contributed by atoms with Crippen LogP contribution in [0.3, 0.4) is 0 Å². The first-order valence-corrected chi connectivity index (χ1v) is 7.65. The lowest BCUT2D eigenvalue weighted by molar-refractivity contribution is -0.141. The van der Waals surface area contributed by atoms with Gasteiger partial charge in [-0.1, -0.05) is 23.7 Å². The second-order valence-electron chi connectivity index (χ2n) is 5.33. The molecule has 0 radical (unpaired) electrons. The molecule has 0 aliphatic heterocycles. The first-order valence-electron chi connectivity index (χ1n) is 7.28. The van der Waals surface area contributed by atoms with Gasteiger partial charge in [0.15, 0.2) is 5.69 Å². The average molecular weight is 368 g/mol. The fraction of sp³-hybridized carbons (Fsp3) is 0.176. The molecule has 0 atom stereocenters. The predicted molar refractivity (Wildman–Crippen MR) is 87.2 cm³/mol. The summed E-state index contributed by atoms with van der Waals surface area (Å²) in [6, 6.07) is 11.4. The third-order valence-corrected chi connectivity index (χ3v) is 3.74. The van der Waals surface area contributed by atoms with Crippen molar-refractivity contribution in [3.05, 3.63) is 64.9 Å². The number of hydrogen-bond donors (Lipinski definition) is 0. The molecular weight excluding hydrogens is 355 g/mol. The molecular formula is C17H13ClF3N3O. The van der Waals surface area contributed by atoms with Gasteiger partial charge in [0.25, 0.3) is 0 Å². The predicted octanol–water partition coefficient (Wildman–Crippen LogP) is 4.73. The number of ether oxygens (including phenoxy) is 1. The van der Waals surface area contributed by atoms with Crippen LogP contribution in [0.4, 0.5) is 13.2 Å². The van der Waals surface area contributed by atoms with Crippen molar-refractivity contribution in [3.8, 4) is 17.1 Å². The van der Waals surface area contributed by atoms with Crippen molar-refractivity contribution in [2.75, 3.05) is 0 Å². The lowest BCUT2D eigenvalue weighted by Gasteiger charge is -2.07. The summed E-state index contributed by atoms with van der Waals surface area (Å²) in [4.78, 5) is 4.16. The van der Waals surface area contributed by atoms with Crippen LogP contribution < -0.4 is 4.74 Å². The van der Waals surface area contributed by atoms with E-state index in [0.29, 0.717) is 23.1 Å². The van der Waals surface area contributed by atoms with Gasteiger partial charge < -0.3 is 4.74 Å². The molecule has 0 fully saturated rings. The van der Waals surface area contributed by atoms with Crippen molar-refractivity contribution in [1.82, 2.24) is 14.8 Å². The van der Waals surface area contributed by atoms with Crippen molar-refractivity contribution in [2.24, 2.45) is 7.05 Å². The Labute approximate surface area is 146 Å². The third kappa shape index (κ3) is 4.11. The summed E-state index contributed by atoms with van der Waals surface area (Å²) in [7, 11) is 1.44. The Kier molecular flexibility index (Phi) is 4.67. The molecule has 0 amide bonds. The van der Waals surface area contributed by atoms with Gasteiger partial charge in [-0.25, -0.2) is 0 Å². The Morgan fingerprint density at radius 2 is 1.84 bits per heavy atom. The Hall–Kier alpha value is -2.54. The van der Waals surface area contributed by atoms with E-state index in [4.69, 9.17) is 16.3 Å². The number of rotatable bonds is 4. The van der Waals surface area contributed by atoms with Crippen molar-refractivity contribution in [2.45, 2.75) is 12.8 Å².